The Morgan fingerprint density at radius 1 is 1.00 bits per heavy atom. The summed E-state index contributed by atoms with van der Waals surface area (Å²) >= 11 is 0. The minimum absolute atomic E-state index is 0.767. The fourth-order valence-electron chi connectivity index (χ4n) is 0.394. The van der Waals surface area contributed by atoms with Crippen molar-refractivity contribution in [2.75, 3.05) is 6.54 Å². The van der Waals surface area contributed by atoms with Gasteiger partial charge in [0.2, 0.25) is 0 Å². The minimum Gasteiger partial charge on any atom is -0.197 e. The second-order valence-electron chi connectivity index (χ2n) is 1.68. The van der Waals surface area contributed by atoms with Gasteiger partial charge >= 0.3 is 12.6 Å². The molecule has 0 N–H and O–H groups in total. The van der Waals surface area contributed by atoms with E-state index >= 15 is 0 Å². The monoisotopic (exact) mass is 192 g/mol. The van der Waals surface area contributed by atoms with E-state index in [4.69, 9.17) is 5.26 Å². The summed E-state index contributed by atoms with van der Waals surface area (Å²) in [5.74, 6) is 0. The Morgan fingerprint density at radius 2 is 1.33 bits per heavy atom. The van der Waals surface area contributed by atoms with Crippen LogP contribution in [0.2, 0.25) is 0 Å². The van der Waals surface area contributed by atoms with E-state index in [9.17, 15) is 26.3 Å². The second-order valence-corrected chi connectivity index (χ2v) is 1.68. The molecule has 0 aromatic heterocycles. The molecule has 0 aliphatic carbocycles. The molecule has 0 aliphatic heterocycles. The van der Waals surface area contributed by atoms with Gasteiger partial charge in [-0.1, -0.05) is 0 Å². The maximum Gasteiger partial charge on any atom is 0.467 e. The number of nitriles is 1. The van der Waals surface area contributed by atoms with Crippen LogP contribution in [0.15, 0.2) is 0 Å². The Balaban J connectivity index is 4.59. The summed E-state index contributed by atoms with van der Waals surface area (Å²) in [5, 5.41) is 7.67. The van der Waals surface area contributed by atoms with E-state index in [-0.39, 0.29) is 0 Å². The zero-order valence-corrected chi connectivity index (χ0v) is 5.37. The van der Waals surface area contributed by atoms with Gasteiger partial charge in [0.05, 0.1) is 6.07 Å². The lowest BCUT2D eigenvalue weighted by Gasteiger charge is -2.23. The molecule has 0 unspecified atom stereocenters. The molecular weight excluding hydrogens is 190 g/mol. The predicted octanol–water partition coefficient (Wildman–Crippen LogP) is 1.85. The summed E-state index contributed by atoms with van der Waals surface area (Å²) in [6.45, 7) is -1.76. The quantitative estimate of drug-likeness (QED) is 0.360. The SMILES string of the molecule is N#CCN(C(F)(F)F)C(F)(F)F. The topological polar surface area (TPSA) is 27.0 Å². The molecule has 0 atom stereocenters. The van der Waals surface area contributed by atoms with E-state index in [2.05, 4.69) is 0 Å². The number of halogens is 6. The maximum atomic E-state index is 11.5. The van der Waals surface area contributed by atoms with Crippen LogP contribution >= 0.6 is 0 Å². The molecule has 0 aromatic rings. The highest BCUT2D eigenvalue weighted by atomic mass is 19.4. The van der Waals surface area contributed by atoms with Crippen molar-refractivity contribution in [1.29, 1.82) is 5.26 Å². The van der Waals surface area contributed by atoms with Gasteiger partial charge < -0.3 is 0 Å². The lowest BCUT2D eigenvalue weighted by Crippen LogP contribution is -2.48. The van der Waals surface area contributed by atoms with E-state index in [1.807, 2.05) is 0 Å². The van der Waals surface area contributed by atoms with Crippen molar-refractivity contribution in [1.82, 2.24) is 4.90 Å². The first-order valence-electron chi connectivity index (χ1n) is 2.47. The van der Waals surface area contributed by atoms with Crippen molar-refractivity contribution < 1.29 is 26.3 Å². The molecule has 0 saturated heterocycles. The van der Waals surface area contributed by atoms with Gasteiger partial charge in [0.1, 0.15) is 6.54 Å². The number of rotatable bonds is 1. The molecule has 0 aromatic carbocycles. The van der Waals surface area contributed by atoms with Crippen molar-refractivity contribution in [3.05, 3.63) is 0 Å². The zero-order chi connectivity index (χ0) is 9.99. The molecule has 0 radical (unpaired) electrons. The molecule has 0 bridgehead atoms. The van der Waals surface area contributed by atoms with Crippen LogP contribution in [0.4, 0.5) is 26.3 Å². The largest absolute Gasteiger partial charge is 0.467 e. The van der Waals surface area contributed by atoms with Crippen molar-refractivity contribution in [3.8, 4) is 6.07 Å². The van der Waals surface area contributed by atoms with Crippen molar-refractivity contribution in [2.45, 2.75) is 12.6 Å². The third-order valence-electron chi connectivity index (χ3n) is 0.841. The third kappa shape index (κ3) is 2.96. The van der Waals surface area contributed by atoms with Crippen LogP contribution < -0.4 is 0 Å². The minimum atomic E-state index is -5.56. The van der Waals surface area contributed by atoms with Crippen LogP contribution in [0.25, 0.3) is 0 Å². The van der Waals surface area contributed by atoms with Crippen LogP contribution in [0.5, 0.6) is 0 Å². The van der Waals surface area contributed by atoms with E-state index < -0.39 is 24.0 Å². The van der Waals surface area contributed by atoms with Gasteiger partial charge in [-0.25, -0.2) is 0 Å². The van der Waals surface area contributed by atoms with Gasteiger partial charge in [-0.05, 0) is 0 Å². The number of alkyl halides is 6. The summed E-state index contributed by atoms with van der Waals surface area (Å²) in [5.41, 5.74) is 0. The molecule has 0 fully saturated rings. The highest BCUT2D eigenvalue weighted by Gasteiger charge is 2.53. The van der Waals surface area contributed by atoms with Crippen LogP contribution in [0, 0.1) is 11.3 Å². The van der Waals surface area contributed by atoms with E-state index in [0.717, 1.165) is 6.07 Å². The van der Waals surface area contributed by atoms with Crippen LogP contribution in [0.1, 0.15) is 0 Å². The third-order valence-corrected chi connectivity index (χ3v) is 0.841. The summed E-state index contributed by atoms with van der Waals surface area (Å²) < 4.78 is 68.7. The highest BCUT2D eigenvalue weighted by Crippen LogP contribution is 2.32. The van der Waals surface area contributed by atoms with Crippen LogP contribution in [-0.4, -0.2) is 24.0 Å². The van der Waals surface area contributed by atoms with Gasteiger partial charge in [-0.3, -0.25) is 0 Å². The first kappa shape index (κ1) is 11.0. The van der Waals surface area contributed by atoms with Gasteiger partial charge in [0.25, 0.3) is 0 Å². The Kier molecular flexibility index (Phi) is 2.93. The number of nitrogens with zero attached hydrogens (tertiary/aromatic N) is 2. The molecule has 2 nitrogen and oxygen atoms in total. The van der Waals surface area contributed by atoms with Crippen molar-refractivity contribution >= 4 is 0 Å². The maximum absolute atomic E-state index is 11.5. The molecule has 0 saturated carbocycles. The number of hydrogen-bond donors (Lipinski definition) is 0. The van der Waals surface area contributed by atoms with Gasteiger partial charge in [0, 0.05) is 0 Å². The van der Waals surface area contributed by atoms with Crippen molar-refractivity contribution in [2.24, 2.45) is 0 Å². The molecular formula is C4H2F6N2. The van der Waals surface area contributed by atoms with E-state index in [0.29, 0.717) is 0 Å². The van der Waals surface area contributed by atoms with Gasteiger partial charge in [-0.15, -0.1) is 4.90 Å². The fourth-order valence-corrected chi connectivity index (χ4v) is 0.394. The first-order valence-corrected chi connectivity index (χ1v) is 2.47. The average molecular weight is 192 g/mol. The summed E-state index contributed by atoms with van der Waals surface area (Å²) in [6.07, 6.45) is -11.1. The molecule has 0 heterocycles. The predicted molar refractivity (Wildman–Crippen MR) is 24.4 cm³/mol. The fraction of sp³-hybridized carbons (Fsp3) is 0.750. The zero-order valence-electron chi connectivity index (χ0n) is 5.37. The van der Waals surface area contributed by atoms with Crippen molar-refractivity contribution in [3.63, 3.8) is 0 Å². The van der Waals surface area contributed by atoms with Gasteiger partial charge in [-0.2, -0.15) is 31.6 Å². The first-order chi connectivity index (χ1) is 5.19. The molecule has 8 heteroatoms. The summed E-state index contributed by atoms with van der Waals surface area (Å²) in [6, 6.07) is 0.767. The Bertz CT molecular complexity index is 171. The second kappa shape index (κ2) is 3.18. The average Bonchev–Trinajstić information content (AvgIpc) is 1.77. The smallest absolute Gasteiger partial charge is 0.197 e. The Morgan fingerprint density at radius 3 is 1.42 bits per heavy atom. The van der Waals surface area contributed by atoms with Crippen LogP contribution in [-0.2, 0) is 0 Å². The molecule has 12 heavy (non-hydrogen) atoms. The molecule has 0 aliphatic rings. The highest BCUT2D eigenvalue weighted by molar-refractivity contribution is 4.79. The molecule has 70 valence electrons. The van der Waals surface area contributed by atoms with Crippen LogP contribution in [0.3, 0.4) is 0 Å². The normalized spacial score (nSPS) is 13.2. The summed E-state index contributed by atoms with van der Waals surface area (Å²) in [7, 11) is 0. The lowest BCUT2D eigenvalue weighted by atomic mass is 10.6. The Hall–Kier alpha value is -0.970. The van der Waals surface area contributed by atoms with E-state index in [1.54, 1.807) is 0 Å². The molecule has 0 rings (SSSR count). The summed E-state index contributed by atoms with van der Waals surface area (Å²) in [4.78, 5) is -1.81. The molecule has 0 amide bonds. The van der Waals surface area contributed by atoms with Gasteiger partial charge in [0.15, 0.2) is 0 Å². The number of hydrogen-bond acceptors (Lipinski definition) is 2. The Labute approximate surface area is 63.0 Å². The standard InChI is InChI=1S/C4H2F6N2/c5-3(6,7)12(2-1-11)4(8,9)10/h2H2. The lowest BCUT2D eigenvalue weighted by molar-refractivity contribution is -0.369. The molecule has 0 spiro atoms. The van der Waals surface area contributed by atoms with E-state index in [1.165, 1.54) is 0 Å².